The number of carbonyl (C=O) groups excluding carboxylic acids is 1. The molecule has 3 rings (SSSR count). The molecule has 1 aliphatic heterocycles. The van der Waals surface area contributed by atoms with Crippen molar-refractivity contribution in [2.75, 3.05) is 17.1 Å². The Labute approximate surface area is 130 Å². The first-order chi connectivity index (χ1) is 10.4. The summed E-state index contributed by atoms with van der Waals surface area (Å²) >= 11 is 0. The van der Waals surface area contributed by atoms with Crippen LogP contribution in [0.4, 0.5) is 5.69 Å². The molecule has 1 fully saturated rings. The maximum absolute atomic E-state index is 12.4. The van der Waals surface area contributed by atoms with Crippen molar-refractivity contribution in [3.63, 3.8) is 0 Å². The van der Waals surface area contributed by atoms with E-state index in [1.165, 1.54) is 4.31 Å². The van der Waals surface area contributed by atoms with Crippen molar-refractivity contribution in [1.29, 1.82) is 0 Å². The van der Waals surface area contributed by atoms with Gasteiger partial charge in [-0.05, 0) is 25.0 Å². The van der Waals surface area contributed by atoms with Gasteiger partial charge in [-0.25, -0.2) is 8.42 Å². The van der Waals surface area contributed by atoms with Crippen LogP contribution < -0.4 is 14.4 Å². The highest BCUT2D eigenvalue weighted by Crippen LogP contribution is 2.34. The van der Waals surface area contributed by atoms with Crippen molar-refractivity contribution < 1.29 is 17.9 Å². The second kappa shape index (κ2) is 5.79. The van der Waals surface area contributed by atoms with E-state index in [0.717, 1.165) is 31.9 Å². The molecular formula is C15H20N2O4S. The van der Waals surface area contributed by atoms with E-state index >= 15 is 0 Å². The number of hydrogen-bond acceptors (Lipinski definition) is 4. The van der Waals surface area contributed by atoms with Crippen LogP contribution in [0, 0.1) is 0 Å². The standard InChI is InChI=1S/C15H20N2O4S/c1-22(19,20)17-10-14(15(18)16-11-6-2-3-7-11)21-13-9-5-4-8-12(13)17/h4-5,8-9,11,14H,2-3,6-7,10H2,1H3,(H,16,18)/t14-/m0/s1. The van der Waals surface area contributed by atoms with Gasteiger partial charge in [-0.15, -0.1) is 0 Å². The molecular weight excluding hydrogens is 304 g/mol. The average molecular weight is 324 g/mol. The number of ether oxygens (including phenoxy) is 1. The van der Waals surface area contributed by atoms with Gasteiger partial charge in [0.1, 0.15) is 5.75 Å². The number of anilines is 1. The topological polar surface area (TPSA) is 75.7 Å². The quantitative estimate of drug-likeness (QED) is 0.908. The van der Waals surface area contributed by atoms with Crippen LogP contribution in [0.1, 0.15) is 25.7 Å². The highest BCUT2D eigenvalue weighted by atomic mass is 32.2. The molecule has 7 heteroatoms. The van der Waals surface area contributed by atoms with Crippen LogP contribution in [0.3, 0.4) is 0 Å². The van der Waals surface area contributed by atoms with E-state index in [1.807, 2.05) is 0 Å². The summed E-state index contributed by atoms with van der Waals surface area (Å²) in [4.78, 5) is 12.4. The molecule has 1 amide bonds. The molecule has 1 heterocycles. The molecule has 6 nitrogen and oxygen atoms in total. The van der Waals surface area contributed by atoms with E-state index in [0.29, 0.717) is 11.4 Å². The predicted molar refractivity (Wildman–Crippen MR) is 83.4 cm³/mol. The minimum absolute atomic E-state index is 0.00833. The van der Waals surface area contributed by atoms with Crippen molar-refractivity contribution in [1.82, 2.24) is 5.32 Å². The van der Waals surface area contributed by atoms with E-state index < -0.39 is 16.1 Å². The molecule has 1 saturated carbocycles. The van der Waals surface area contributed by atoms with Crippen LogP contribution in [0.15, 0.2) is 24.3 Å². The van der Waals surface area contributed by atoms with Crippen LogP contribution >= 0.6 is 0 Å². The fourth-order valence-corrected chi connectivity index (χ4v) is 3.93. The lowest BCUT2D eigenvalue weighted by molar-refractivity contribution is -0.128. The Kier molecular flexibility index (Phi) is 3.99. The van der Waals surface area contributed by atoms with Gasteiger partial charge in [-0.1, -0.05) is 25.0 Å². The first-order valence-corrected chi connectivity index (χ1v) is 9.34. The number of sulfonamides is 1. The summed E-state index contributed by atoms with van der Waals surface area (Å²) in [5.41, 5.74) is 0.481. The van der Waals surface area contributed by atoms with Gasteiger partial charge in [0.2, 0.25) is 10.0 Å². The van der Waals surface area contributed by atoms with Crippen molar-refractivity contribution >= 4 is 21.6 Å². The molecule has 0 unspecified atom stereocenters. The monoisotopic (exact) mass is 324 g/mol. The van der Waals surface area contributed by atoms with Crippen molar-refractivity contribution in [2.24, 2.45) is 0 Å². The van der Waals surface area contributed by atoms with Crippen LogP contribution in [0.25, 0.3) is 0 Å². The van der Waals surface area contributed by atoms with Gasteiger partial charge in [0.25, 0.3) is 5.91 Å². The Balaban J connectivity index is 1.82. The minimum Gasteiger partial charge on any atom is -0.476 e. The number of nitrogens with one attached hydrogen (secondary N) is 1. The van der Waals surface area contributed by atoms with Gasteiger partial charge in [-0.2, -0.15) is 0 Å². The van der Waals surface area contributed by atoms with Gasteiger partial charge in [0.05, 0.1) is 18.5 Å². The predicted octanol–water partition coefficient (Wildman–Crippen LogP) is 1.27. The minimum atomic E-state index is -3.46. The lowest BCUT2D eigenvalue weighted by atomic mass is 10.2. The molecule has 2 aliphatic rings. The van der Waals surface area contributed by atoms with Crippen molar-refractivity contribution in [3.05, 3.63) is 24.3 Å². The maximum Gasteiger partial charge on any atom is 0.263 e. The number of carbonyl (C=O) groups is 1. The number of rotatable bonds is 3. The number of benzene rings is 1. The average Bonchev–Trinajstić information content (AvgIpc) is 2.98. The molecule has 0 radical (unpaired) electrons. The third kappa shape index (κ3) is 3.04. The Hall–Kier alpha value is -1.76. The van der Waals surface area contributed by atoms with Gasteiger partial charge in [0.15, 0.2) is 6.10 Å². The fourth-order valence-electron chi connectivity index (χ4n) is 3.02. The molecule has 0 saturated heterocycles. The highest BCUT2D eigenvalue weighted by molar-refractivity contribution is 7.92. The normalized spacial score (nSPS) is 22.0. The molecule has 120 valence electrons. The lowest BCUT2D eigenvalue weighted by Crippen LogP contribution is -2.52. The van der Waals surface area contributed by atoms with Crippen LogP contribution in [-0.4, -0.2) is 39.3 Å². The number of fused-ring (bicyclic) bond motifs is 1. The van der Waals surface area contributed by atoms with Crippen molar-refractivity contribution in [2.45, 2.75) is 37.8 Å². The Bertz CT molecular complexity index is 668. The highest BCUT2D eigenvalue weighted by Gasteiger charge is 2.35. The third-order valence-electron chi connectivity index (χ3n) is 4.13. The van der Waals surface area contributed by atoms with Gasteiger partial charge in [0, 0.05) is 6.04 Å². The van der Waals surface area contributed by atoms with E-state index in [9.17, 15) is 13.2 Å². The molecule has 0 bridgehead atoms. The summed E-state index contributed by atoms with van der Waals surface area (Å²) in [6.07, 6.45) is 4.52. The zero-order chi connectivity index (χ0) is 15.7. The zero-order valence-electron chi connectivity index (χ0n) is 12.5. The second-order valence-corrected chi connectivity index (χ2v) is 7.77. The molecule has 1 atom stereocenters. The molecule has 0 spiro atoms. The number of nitrogens with zero attached hydrogens (tertiary/aromatic N) is 1. The summed E-state index contributed by atoms with van der Waals surface area (Å²) in [5, 5.41) is 2.97. The summed E-state index contributed by atoms with van der Waals surface area (Å²) in [5.74, 6) is 0.181. The summed E-state index contributed by atoms with van der Waals surface area (Å²) < 4.78 is 31.0. The zero-order valence-corrected chi connectivity index (χ0v) is 13.3. The van der Waals surface area contributed by atoms with E-state index in [4.69, 9.17) is 4.74 Å². The largest absolute Gasteiger partial charge is 0.476 e. The summed E-state index contributed by atoms with van der Waals surface area (Å²) in [7, 11) is -3.46. The summed E-state index contributed by atoms with van der Waals surface area (Å²) in [6.45, 7) is 0.00833. The van der Waals surface area contributed by atoms with Gasteiger partial charge in [-0.3, -0.25) is 9.10 Å². The van der Waals surface area contributed by atoms with Crippen molar-refractivity contribution in [3.8, 4) is 5.75 Å². The van der Waals surface area contributed by atoms with E-state index in [2.05, 4.69) is 5.32 Å². The maximum atomic E-state index is 12.4. The Morgan fingerprint density at radius 2 is 1.95 bits per heavy atom. The molecule has 1 aromatic carbocycles. The Morgan fingerprint density at radius 3 is 2.64 bits per heavy atom. The number of para-hydroxylation sites is 2. The molecule has 22 heavy (non-hydrogen) atoms. The third-order valence-corrected chi connectivity index (χ3v) is 5.28. The molecule has 1 N–H and O–H groups in total. The first kappa shape index (κ1) is 15.1. The van der Waals surface area contributed by atoms with Gasteiger partial charge < -0.3 is 10.1 Å². The van der Waals surface area contributed by atoms with E-state index in [-0.39, 0.29) is 18.5 Å². The smallest absolute Gasteiger partial charge is 0.263 e. The second-order valence-electron chi connectivity index (χ2n) is 5.86. The number of hydrogen-bond donors (Lipinski definition) is 1. The SMILES string of the molecule is CS(=O)(=O)N1C[C@@H](C(=O)NC2CCCC2)Oc2ccccc21. The van der Waals surface area contributed by atoms with Crippen LogP contribution in [0.2, 0.25) is 0 Å². The Morgan fingerprint density at radius 1 is 1.27 bits per heavy atom. The van der Waals surface area contributed by atoms with Gasteiger partial charge >= 0.3 is 0 Å². The lowest BCUT2D eigenvalue weighted by Gasteiger charge is -2.34. The fraction of sp³-hybridized carbons (Fsp3) is 0.533. The molecule has 1 aromatic rings. The number of amides is 1. The first-order valence-electron chi connectivity index (χ1n) is 7.49. The molecule has 1 aliphatic carbocycles. The molecule has 0 aromatic heterocycles. The van der Waals surface area contributed by atoms with Crippen LogP contribution in [-0.2, 0) is 14.8 Å². The summed E-state index contributed by atoms with van der Waals surface area (Å²) in [6, 6.07) is 7.06. The van der Waals surface area contributed by atoms with E-state index in [1.54, 1.807) is 24.3 Å². The van der Waals surface area contributed by atoms with Crippen LogP contribution in [0.5, 0.6) is 5.75 Å².